The van der Waals surface area contributed by atoms with Crippen molar-refractivity contribution in [1.82, 2.24) is 5.32 Å². The number of ether oxygens (including phenoxy) is 1. The smallest absolute Gasteiger partial charge is 0.335 e. The number of hydrogen-bond acceptors (Lipinski definition) is 5. The molecule has 1 aromatic rings. The predicted molar refractivity (Wildman–Crippen MR) is 58.5 cm³/mol. The van der Waals surface area contributed by atoms with Crippen LogP contribution in [0.25, 0.3) is 0 Å². The fraction of sp³-hybridized carbons (Fsp3) is 0.0909. The highest BCUT2D eigenvalue weighted by Gasteiger charge is 2.11. The highest BCUT2D eigenvalue weighted by Crippen LogP contribution is 2.23. The summed E-state index contributed by atoms with van der Waals surface area (Å²) in [6.07, 6.45) is 0.976. The normalized spacial score (nSPS) is 9.47. The van der Waals surface area contributed by atoms with E-state index in [-0.39, 0.29) is 17.1 Å². The van der Waals surface area contributed by atoms with Crippen LogP contribution in [0.4, 0.5) is 0 Å². The number of carbonyl (C=O) groups excluding carboxylic acids is 2. The van der Waals surface area contributed by atoms with Crippen LogP contribution in [0.15, 0.2) is 30.9 Å². The lowest BCUT2D eigenvalue weighted by Gasteiger charge is -2.06. The van der Waals surface area contributed by atoms with Crippen molar-refractivity contribution in [2.24, 2.45) is 0 Å². The van der Waals surface area contributed by atoms with Gasteiger partial charge in [-0.05, 0) is 12.1 Å². The molecule has 0 saturated heterocycles. The molecule has 0 fully saturated rings. The van der Waals surface area contributed by atoms with Gasteiger partial charge in [-0.25, -0.2) is 4.79 Å². The van der Waals surface area contributed by atoms with Crippen molar-refractivity contribution in [2.45, 2.75) is 0 Å². The molecule has 1 rings (SSSR count). The quantitative estimate of drug-likeness (QED) is 0.300. The average molecular weight is 237 g/mol. The van der Waals surface area contributed by atoms with Crippen molar-refractivity contribution in [3.05, 3.63) is 36.4 Å². The van der Waals surface area contributed by atoms with Crippen molar-refractivity contribution in [1.29, 1.82) is 0 Å². The Bertz CT molecular complexity index is 455. The van der Waals surface area contributed by atoms with Gasteiger partial charge in [-0.15, -0.1) is 0 Å². The summed E-state index contributed by atoms with van der Waals surface area (Å²) in [4.78, 5) is 22.2. The number of hydrogen-bond donors (Lipinski definition) is 3. The van der Waals surface area contributed by atoms with E-state index in [4.69, 9.17) is 9.84 Å². The molecule has 0 radical (unpaired) electrons. The second-order valence-electron chi connectivity index (χ2n) is 2.97. The molecule has 17 heavy (non-hydrogen) atoms. The Morgan fingerprint density at radius 3 is 2.71 bits per heavy atom. The highest BCUT2D eigenvalue weighted by atomic mass is 16.5. The standard InChI is InChI=1S/C11H11NO5/c1-2-10(15)17-7-3-4-8(9(14)5-7)11(16)12-6-13/h2-5,13-14H,1,6H2,(H,12,16). The van der Waals surface area contributed by atoms with Crippen molar-refractivity contribution in [3.8, 4) is 11.5 Å². The van der Waals surface area contributed by atoms with E-state index in [1.54, 1.807) is 0 Å². The SMILES string of the molecule is C=CC(=O)Oc1ccc(C(=O)NCO)c(O)c1. The second kappa shape index (κ2) is 5.66. The second-order valence-corrected chi connectivity index (χ2v) is 2.97. The van der Waals surface area contributed by atoms with E-state index in [0.717, 1.165) is 12.1 Å². The van der Waals surface area contributed by atoms with Crippen molar-refractivity contribution in [3.63, 3.8) is 0 Å². The first-order valence-electron chi connectivity index (χ1n) is 4.64. The Morgan fingerprint density at radius 1 is 1.47 bits per heavy atom. The maximum atomic E-state index is 11.3. The molecule has 0 heterocycles. The van der Waals surface area contributed by atoms with Crippen LogP contribution in [-0.2, 0) is 4.79 Å². The fourth-order valence-corrected chi connectivity index (χ4v) is 1.09. The summed E-state index contributed by atoms with van der Waals surface area (Å²) < 4.78 is 4.74. The van der Waals surface area contributed by atoms with Gasteiger partial charge in [0.1, 0.15) is 18.2 Å². The molecule has 0 unspecified atom stereocenters. The molecule has 0 bridgehead atoms. The van der Waals surface area contributed by atoms with Gasteiger partial charge in [0.15, 0.2) is 0 Å². The highest BCUT2D eigenvalue weighted by molar-refractivity contribution is 5.97. The molecule has 1 amide bonds. The molecule has 1 aromatic carbocycles. The van der Waals surface area contributed by atoms with Crippen LogP contribution in [0.1, 0.15) is 10.4 Å². The maximum absolute atomic E-state index is 11.3. The summed E-state index contributed by atoms with van der Waals surface area (Å²) in [5.74, 6) is -1.57. The van der Waals surface area contributed by atoms with E-state index >= 15 is 0 Å². The van der Waals surface area contributed by atoms with Gasteiger partial charge >= 0.3 is 5.97 Å². The number of phenolic OH excluding ortho intramolecular Hbond substituents is 1. The molecular formula is C11H11NO5. The predicted octanol–water partition coefficient (Wildman–Crippen LogP) is 0.163. The number of aliphatic hydroxyl groups is 1. The number of rotatable bonds is 4. The minimum absolute atomic E-state index is 0.0301. The van der Waals surface area contributed by atoms with E-state index in [1.165, 1.54) is 12.1 Å². The third-order valence-electron chi connectivity index (χ3n) is 1.84. The zero-order chi connectivity index (χ0) is 12.8. The van der Waals surface area contributed by atoms with Crippen molar-refractivity contribution in [2.75, 3.05) is 6.73 Å². The first-order chi connectivity index (χ1) is 8.08. The summed E-state index contributed by atoms with van der Waals surface area (Å²) in [5, 5.41) is 20.1. The number of nitrogens with one attached hydrogen (secondary N) is 1. The largest absolute Gasteiger partial charge is 0.507 e. The first-order valence-corrected chi connectivity index (χ1v) is 4.64. The number of esters is 1. The van der Waals surface area contributed by atoms with E-state index in [2.05, 4.69) is 11.9 Å². The topological polar surface area (TPSA) is 95.9 Å². The molecule has 3 N–H and O–H groups in total. The lowest BCUT2D eigenvalue weighted by Crippen LogP contribution is -2.24. The van der Waals surface area contributed by atoms with Gasteiger partial charge in [-0.3, -0.25) is 4.79 Å². The van der Waals surface area contributed by atoms with Crippen molar-refractivity contribution >= 4 is 11.9 Å². The number of amides is 1. The lowest BCUT2D eigenvalue weighted by molar-refractivity contribution is -0.128. The molecule has 0 aliphatic rings. The molecule has 0 aromatic heterocycles. The number of aliphatic hydroxyl groups excluding tert-OH is 1. The lowest BCUT2D eigenvalue weighted by atomic mass is 10.2. The van der Waals surface area contributed by atoms with Gasteiger partial charge in [-0.2, -0.15) is 0 Å². The van der Waals surface area contributed by atoms with Crippen molar-refractivity contribution < 1.29 is 24.5 Å². The molecule has 90 valence electrons. The van der Waals surface area contributed by atoms with Gasteiger partial charge in [0.05, 0.1) is 5.56 Å². The van der Waals surface area contributed by atoms with Gasteiger partial charge in [0.2, 0.25) is 0 Å². The Hall–Kier alpha value is -2.34. The molecule has 6 nitrogen and oxygen atoms in total. The van der Waals surface area contributed by atoms with Gasteiger partial charge in [0, 0.05) is 12.1 Å². The monoisotopic (exact) mass is 237 g/mol. The molecule has 0 spiro atoms. The van der Waals surface area contributed by atoms with Gasteiger partial charge < -0.3 is 20.3 Å². The Kier molecular flexibility index (Phi) is 4.24. The molecule has 0 saturated carbocycles. The number of aromatic hydroxyl groups is 1. The summed E-state index contributed by atoms with van der Waals surface area (Å²) in [7, 11) is 0. The summed E-state index contributed by atoms with van der Waals surface area (Å²) in [6.45, 7) is 2.68. The zero-order valence-corrected chi connectivity index (χ0v) is 8.84. The maximum Gasteiger partial charge on any atom is 0.335 e. The first kappa shape index (κ1) is 12.7. The van der Waals surface area contributed by atoms with E-state index in [0.29, 0.717) is 0 Å². The van der Waals surface area contributed by atoms with Crippen LogP contribution in [-0.4, -0.2) is 28.8 Å². The Balaban J connectivity index is 2.89. The van der Waals surface area contributed by atoms with Gasteiger partial charge in [0.25, 0.3) is 5.91 Å². The number of benzene rings is 1. The minimum Gasteiger partial charge on any atom is -0.507 e. The summed E-state index contributed by atoms with van der Waals surface area (Å²) in [6, 6.07) is 3.73. The van der Waals surface area contributed by atoms with Crippen LogP contribution in [0.3, 0.4) is 0 Å². The van der Waals surface area contributed by atoms with Crippen LogP contribution in [0.5, 0.6) is 11.5 Å². The Morgan fingerprint density at radius 2 is 2.18 bits per heavy atom. The Labute approximate surface area is 97.1 Å². The fourth-order valence-electron chi connectivity index (χ4n) is 1.09. The van der Waals surface area contributed by atoms with Crippen LogP contribution in [0, 0.1) is 0 Å². The number of phenols is 1. The van der Waals surface area contributed by atoms with E-state index in [1.807, 2.05) is 0 Å². The van der Waals surface area contributed by atoms with Gasteiger partial charge in [-0.1, -0.05) is 6.58 Å². The summed E-state index contributed by atoms with van der Waals surface area (Å²) >= 11 is 0. The molecule has 0 aliphatic carbocycles. The van der Waals surface area contributed by atoms with Crippen LogP contribution >= 0.6 is 0 Å². The van der Waals surface area contributed by atoms with E-state index in [9.17, 15) is 14.7 Å². The molecular weight excluding hydrogens is 226 g/mol. The molecule has 0 atom stereocenters. The minimum atomic E-state index is -0.669. The number of carbonyl (C=O) groups is 2. The third kappa shape index (κ3) is 3.32. The van der Waals surface area contributed by atoms with E-state index < -0.39 is 18.6 Å². The summed E-state index contributed by atoms with van der Waals surface area (Å²) in [5.41, 5.74) is -0.0301. The molecule has 6 heteroatoms. The van der Waals surface area contributed by atoms with Crippen LogP contribution in [0.2, 0.25) is 0 Å². The average Bonchev–Trinajstić information content (AvgIpc) is 2.29. The third-order valence-corrected chi connectivity index (χ3v) is 1.84. The van der Waals surface area contributed by atoms with Crippen LogP contribution < -0.4 is 10.1 Å². The zero-order valence-electron chi connectivity index (χ0n) is 8.84. The molecule has 0 aliphatic heterocycles.